The van der Waals surface area contributed by atoms with Gasteiger partial charge in [-0.2, -0.15) is 0 Å². The highest BCUT2D eigenvalue weighted by Crippen LogP contribution is 2.32. The Kier molecular flexibility index (Phi) is 3.73. The molecule has 0 saturated heterocycles. The van der Waals surface area contributed by atoms with Crippen molar-refractivity contribution in [1.82, 2.24) is 0 Å². The van der Waals surface area contributed by atoms with Gasteiger partial charge in [-0.05, 0) is 24.0 Å². The van der Waals surface area contributed by atoms with Crippen molar-refractivity contribution >= 4 is 11.3 Å². The Morgan fingerprint density at radius 3 is 2.43 bits per heavy atom. The highest BCUT2D eigenvalue weighted by molar-refractivity contribution is 7.12. The van der Waals surface area contributed by atoms with Gasteiger partial charge in [-0.15, -0.1) is 11.3 Å². The van der Waals surface area contributed by atoms with Gasteiger partial charge < -0.3 is 5.73 Å². The van der Waals surface area contributed by atoms with Crippen LogP contribution in [-0.4, -0.2) is 0 Å². The summed E-state index contributed by atoms with van der Waals surface area (Å²) in [6.45, 7) is 8.91. The zero-order valence-electron chi connectivity index (χ0n) is 9.63. The van der Waals surface area contributed by atoms with Crippen LogP contribution in [0.15, 0.2) is 12.1 Å². The van der Waals surface area contributed by atoms with Gasteiger partial charge in [-0.1, -0.05) is 34.1 Å². The maximum absolute atomic E-state index is 6.07. The number of hydrogen-bond donors (Lipinski definition) is 1. The Morgan fingerprint density at radius 2 is 2.00 bits per heavy atom. The van der Waals surface area contributed by atoms with Crippen LogP contribution >= 0.6 is 11.3 Å². The molecule has 0 bridgehead atoms. The van der Waals surface area contributed by atoms with Crippen LogP contribution in [0.25, 0.3) is 0 Å². The van der Waals surface area contributed by atoms with Crippen molar-refractivity contribution in [2.45, 2.75) is 52.0 Å². The Balaban J connectivity index is 2.78. The van der Waals surface area contributed by atoms with Crippen LogP contribution in [0.3, 0.4) is 0 Å². The van der Waals surface area contributed by atoms with E-state index in [4.69, 9.17) is 5.73 Å². The van der Waals surface area contributed by atoms with E-state index in [1.165, 1.54) is 9.75 Å². The van der Waals surface area contributed by atoms with E-state index in [1.54, 1.807) is 0 Å². The minimum absolute atomic E-state index is 0.237. The fourth-order valence-electron chi connectivity index (χ4n) is 1.41. The third-order valence-corrected chi connectivity index (χ3v) is 3.97. The van der Waals surface area contributed by atoms with Gasteiger partial charge in [0.1, 0.15) is 0 Å². The van der Waals surface area contributed by atoms with E-state index >= 15 is 0 Å². The van der Waals surface area contributed by atoms with Gasteiger partial charge in [-0.25, -0.2) is 0 Å². The number of hydrogen-bond acceptors (Lipinski definition) is 2. The fourth-order valence-corrected chi connectivity index (χ4v) is 2.51. The second kappa shape index (κ2) is 4.45. The van der Waals surface area contributed by atoms with Crippen molar-refractivity contribution in [2.24, 2.45) is 5.73 Å². The SMILES string of the molecule is CCCC(N)c1ccc(C(C)(C)C)s1. The first kappa shape index (κ1) is 11.7. The molecule has 1 nitrogen and oxygen atoms in total. The molecule has 1 aromatic rings. The molecule has 1 unspecified atom stereocenters. The molecule has 0 radical (unpaired) electrons. The zero-order valence-corrected chi connectivity index (χ0v) is 10.4. The number of nitrogens with two attached hydrogens (primary N) is 1. The van der Waals surface area contributed by atoms with Gasteiger partial charge >= 0.3 is 0 Å². The van der Waals surface area contributed by atoms with Gasteiger partial charge in [0.15, 0.2) is 0 Å². The van der Waals surface area contributed by atoms with Crippen molar-refractivity contribution in [3.63, 3.8) is 0 Å². The van der Waals surface area contributed by atoms with Crippen molar-refractivity contribution in [2.75, 3.05) is 0 Å². The molecule has 1 heterocycles. The Morgan fingerprint density at radius 1 is 1.36 bits per heavy atom. The first-order chi connectivity index (χ1) is 6.45. The monoisotopic (exact) mass is 211 g/mol. The maximum atomic E-state index is 6.07. The molecule has 0 amide bonds. The molecule has 1 atom stereocenters. The van der Waals surface area contributed by atoms with E-state index < -0.39 is 0 Å². The van der Waals surface area contributed by atoms with E-state index in [-0.39, 0.29) is 11.5 Å². The van der Waals surface area contributed by atoms with E-state index in [1.807, 2.05) is 11.3 Å². The third-order valence-electron chi connectivity index (χ3n) is 2.33. The second-order valence-electron chi connectivity index (χ2n) is 4.85. The Bertz CT molecular complexity index is 283. The largest absolute Gasteiger partial charge is 0.323 e. The van der Waals surface area contributed by atoms with Crippen LogP contribution < -0.4 is 5.73 Å². The van der Waals surface area contributed by atoms with Crippen LogP contribution in [-0.2, 0) is 5.41 Å². The smallest absolute Gasteiger partial charge is 0.0389 e. The number of thiophene rings is 1. The fraction of sp³-hybridized carbons (Fsp3) is 0.667. The molecule has 2 heteroatoms. The summed E-state index contributed by atoms with van der Waals surface area (Å²) in [7, 11) is 0. The molecule has 0 aliphatic heterocycles. The van der Waals surface area contributed by atoms with Crippen LogP contribution in [0.2, 0.25) is 0 Å². The summed E-state index contributed by atoms with van der Waals surface area (Å²) in [4.78, 5) is 2.76. The Labute approximate surface area is 91.3 Å². The lowest BCUT2D eigenvalue weighted by Crippen LogP contribution is -2.09. The van der Waals surface area contributed by atoms with E-state index in [0.717, 1.165) is 12.8 Å². The molecular weight excluding hydrogens is 190 g/mol. The van der Waals surface area contributed by atoms with Gasteiger partial charge in [0, 0.05) is 15.8 Å². The molecule has 0 aromatic carbocycles. The van der Waals surface area contributed by atoms with Crippen LogP contribution in [0.1, 0.15) is 56.3 Å². The Hall–Kier alpha value is -0.340. The first-order valence-corrected chi connectivity index (χ1v) is 6.12. The van der Waals surface area contributed by atoms with Crippen LogP contribution in [0, 0.1) is 0 Å². The number of rotatable bonds is 3. The summed E-state index contributed by atoms with van der Waals surface area (Å²) >= 11 is 1.86. The maximum Gasteiger partial charge on any atom is 0.0389 e. The molecule has 0 spiro atoms. The van der Waals surface area contributed by atoms with Gasteiger partial charge in [0.2, 0.25) is 0 Å². The minimum atomic E-state index is 0.237. The zero-order chi connectivity index (χ0) is 10.8. The van der Waals surface area contributed by atoms with Crippen molar-refractivity contribution in [3.05, 3.63) is 21.9 Å². The summed E-state index contributed by atoms with van der Waals surface area (Å²) < 4.78 is 0. The molecule has 1 aromatic heterocycles. The lowest BCUT2D eigenvalue weighted by Gasteiger charge is -2.15. The second-order valence-corrected chi connectivity index (χ2v) is 5.96. The predicted molar refractivity (Wildman–Crippen MR) is 64.9 cm³/mol. The van der Waals surface area contributed by atoms with Crippen LogP contribution in [0.5, 0.6) is 0 Å². The van der Waals surface area contributed by atoms with Gasteiger partial charge in [0.05, 0.1) is 0 Å². The van der Waals surface area contributed by atoms with Crippen molar-refractivity contribution in [3.8, 4) is 0 Å². The van der Waals surface area contributed by atoms with Gasteiger partial charge in [0.25, 0.3) is 0 Å². The summed E-state index contributed by atoms with van der Waals surface area (Å²) in [6, 6.07) is 4.64. The molecule has 14 heavy (non-hydrogen) atoms. The third kappa shape index (κ3) is 2.82. The van der Waals surface area contributed by atoms with E-state index in [9.17, 15) is 0 Å². The molecule has 0 aliphatic rings. The molecule has 80 valence electrons. The summed E-state index contributed by atoms with van der Waals surface area (Å²) in [5.41, 5.74) is 6.33. The normalized spacial score (nSPS) is 14.4. The highest BCUT2D eigenvalue weighted by atomic mass is 32.1. The molecule has 0 aliphatic carbocycles. The quantitative estimate of drug-likeness (QED) is 0.807. The van der Waals surface area contributed by atoms with Crippen LogP contribution in [0.4, 0.5) is 0 Å². The highest BCUT2D eigenvalue weighted by Gasteiger charge is 2.17. The topological polar surface area (TPSA) is 26.0 Å². The average molecular weight is 211 g/mol. The summed E-state index contributed by atoms with van der Waals surface area (Å²) in [5, 5.41) is 0. The van der Waals surface area contributed by atoms with E-state index in [0.29, 0.717) is 0 Å². The molecule has 1 rings (SSSR count). The lowest BCUT2D eigenvalue weighted by atomic mass is 9.95. The molecule has 0 fully saturated rings. The molecule has 2 N–H and O–H groups in total. The van der Waals surface area contributed by atoms with E-state index in [2.05, 4.69) is 39.8 Å². The molecule has 0 saturated carbocycles. The van der Waals surface area contributed by atoms with Crippen molar-refractivity contribution in [1.29, 1.82) is 0 Å². The summed E-state index contributed by atoms with van der Waals surface area (Å²) in [5.74, 6) is 0. The van der Waals surface area contributed by atoms with Crippen molar-refractivity contribution < 1.29 is 0 Å². The predicted octanol–water partition coefficient (Wildman–Crippen LogP) is 3.85. The standard InChI is InChI=1S/C12H21NS/c1-5-6-9(13)10-7-8-11(14-10)12(2,3)4/h7-9H,5-6,13H2,1-4H3. The minimum Gasteiger partial charge on any atom is -0.323 e. The average Bonchev–Trinajstić information content (AvgIpc) is 2.51. The lowest BCUT2D eigenvalue weighted by molar-refractivity contribution is 0.604. The summed E-state index contributed by atoms with van der Waals surface area (Å²) in [6.07, 6.45) is 2.24. The first-order valence-electron chi connectivity index (χ1n) is 5.31. The van der Waals surface area contributed by atoms with Gasteiger partial charge in [-0.3, -0.25) is 0 Å². The molecular formula is C12H21NS.